The van der Waals surface area contributed by atoms with Gasteiger partial charge in [0.05, 0.1) is 12.2 Å². The minimum Gasteiger partial charge on any atom is -0.460 e. The van der Waals surface area contributed by atoms with E-state index in [0.29, 0.717) is 0 Å². The third-order valence-electron chi connectivity index (χ3n) is 1.30. The molecule has 0 radical (unpaired) electrons. The summed E-state index contributed by atoms with van der Waals surface area (Å²) in [5, 5.41) is 8.39. The Morgan fingerprint density at radius 3 is 2.60 bits per heavy atom. The van der Waals surface area contributed by atoms with Crippen molar-refractivity contribution < 1.29 is 24.2 Å². The van der Waals surface area contributed by atoms with Crippen molar-refractivity contribution in [2.75, 3.05) is 13.2 Å². The molecule has 0 atom stereocenters. The van der Waals surface area contributed by atoms with E-state index < -0.39 is 11.9 Å². The molecule has 0 aromatic rings. The number of allylic oxidation sites excluding steroid dienone is 1. The van der Waals surface area contributed by atoms with E-state index in [1.807, 2.05) is 0 Å². The molecule has 5 heteroatoms. The summed E-state index contributed by atoms with van der Waals surface area (Å²) in [5.41, 5.74) is 0.154. The van der Waals surface area contributed by atoms with Crippen molar-refractivity contribution in [2.45, 2.75) is 13.8 Å². The highest BCUT2D eigenvalue weighted by Crippen LogP contribution is 1.97. The number of carbonyl (C=O) groups excluding carboxylic acids is 2. The van der Waals surface area contributed by atoms with Gasteiger partial charge >= 0.3 is 11.9 Å². The molecule has 0 saturated carbocycles. The monoisotopic (exact) mass is 214 g/mol. The predicted octanol–water partition coefficient (Wildman–Crippen LogP) is 0.545. The topological polar surface area (TPSA) is 72.8 Å². The van der Waals surface area contributed by atoms with Crippen LogP contribution in [0.2, 0.25) is 0 Å². The van der Waals surface area contributed by atoms with Crippen molar-refractivity contribution in [1.82, 2.24) is 0 Å². The first-order valence-corrected chi connectivity index (χ1v) is 4.40. The Bertz CT molecular complexity index is 278. The van der Waals surface area contributed by atoms with Gasteiger partial charge in [-0.25, -0.2) is 9.59 Å². The summed E-state index contributed by atoms with van der Waals surface area (Å²) in [4.78, 5) is 21.9. The quantitative estimate of drug-likeness (QED) is 0.411. The molecule has 0 spiro atoms. The van der Waals surface area contributed by atoms with Gasteiger partial charge in [-0.05, 0) is 13.8 Å². The summed E-state index contributed by atoms with van der Waals surface area (Å²) in [7, 11) is 0. The first kappa shape index (κ1) is 13.4. The molecule has 0 heterocycles. The summed E-state index contributed by atoms with van der Waals surface area (Å²) < 4.78 is 9.17. The van der Waals surface area contributed by atoms with Gasteiger partial charge in [0.1, 0.15) is 12.9 Å². The van der Waals surface area contributed by atoms with Gasteiger partial charge in [0.2, 0.25) is 0 Å². The fourth-order valence-electron chi connectivity index (χ4n) is 0.622. The maximum atomic E-state index is 11.1. The highest BCUT2D eigenvalue weighted by atomic mass is 16.5. The lowest BCUT2D eigenvalue weighted by molar-refractivity contribution is -0.140. The Morgan fingerprint density at radius 2 is 2.07 bits per heavy atom. The van der Waals surface area contributed by atoms with Gasteiger partial charge in [0, 0.05) is 6.08 Å². The van der Waals surface area contributed by atoms with Crippen LogP contribution in [0.3, 0.4) is 0 Å². The van der Waals surface area contributed by atoms with Crippen molar-refractivity contribution in [3.63, 3.8) is 0 Å². The van der Waals surface area contributed by atoms with Crippen molar-refractivity contribution in [1.29, 1.82) is 0 Å². The molecule has 0 amide bonds. The molecule has 0 aliphatic carbocycles. The Morgan fingerprint density at radius 1 is 1.40 bits per heavy atom. The fraction of sp³-hybridized carbons (Fsp3) is 0.400. The van der Waals surface area contributed by atoms with Crippen LogP contribution in [-0.4, -0.2) is 30.3 Å². The minimum absolute atomic E-state index is 0.0766. The van der Waals surface area contributed by atoms with E-state index in [0.717, 1.165) is 6.26 Å². The zero-order valence-electron chi connectivity index (χ0n) is 8.73. The molecular formula is C10H14O5. The van der Waals surface area contributed by atoms with Gasteiger partial charge < -0.3 is 14.6 Å². The van der Waals surface area contributed by atoms with Gasteiger partial charge in [0.15, 0.2) is 0 Å². The number of esters is 2. The number of rotatable bonds is 5. The van der Waals surface area contributed by atoms with Crippen molar-refractivity contribution in [3.05, 3.63) is 24.0 Å². The Hall–Kier alpha value is -1.62. The lowest BCUT2D eigenvalue weighted by Crippen LogP contribution is -2.10. The maximum Gasteiger partial charge on any atom is 0.336 e. The molecule has 0 saturated heterocycles. The Kier molecular flexibility index (Phi) is 6.92. The molecule has 0 bridgehead atoms. The zero-order chi connectivity index (χ0) is 11.7. The third-order valence-corrected chi connectivity index (χ3v) is 1.30. The molecular weight excluding hydrogens is 200 g/mol. The second kappa shape index (κ2) is 7.75. The van der Waals surface area contributed by atoms with Crippen molar-refractivity contribution >= 4 is 11.9 Å². The van der Waals surface area contributed by atoms with E-state index in [9.17, 15) is 9.59 Å². The SMILES string of the molecule is CC=CC(=O)OC=C(C)C(=O)OCCO. The maximum absolute atomic E-state index is 11.1. The van der Waals surface area contributed by atoms with Crippen LogP contribution in [0.1, 0.15) is 13.8 Å². The van der Waals surface area contributed by atoms with Crippen LogP contribution in [0, 0.1) is 0 Å². The highest BCUT2D eigenvalue weighted by Gasteiger charge is 2.06. The van der Waals surface area contributed by atoms with Crippen LogP contribution in [0.15, 0.2) is 24.0 Å². The van der Waals surface area contributed by atoms with Gasteiger partial charge in [-0.3, -0.25) is 0 Å². The van der Waals surface area contributed by atoms with Crippen molar-refractivity contribution in [3.8, 4) is 0 Å². The highest BCUT2D eigenvalue weighted by molar-refractivity contribution is 5.88. The number of hydrogen-bond donors (Lipinski definition) is 1. The van der Waals surface area contributed by atoms with E-state index in [-0.39, 0.29) is 18.8 Å². The van der Waals surface area contributed by atoms with Crippen LogP contribution in [0.5, 0.6) is 0 Å². The smallest absolute Gasteiger partial charge is 0.336 e. The standard InChI is InChI=1S/C10H14O5/c1-3-4-9(12)15-7-8(2)10(13)14-6-5-11/h3-4,7,11H,5-6H2,1-2H3. The lowest BCUT2D eigenvalue weighted by atomic mass is 10.3. The van der Waals surface area contributed by atoms with E-state index in [4.69, 9.17) is 5.11 Å². The number of aliphatic hydroxyl groups is 1. The van der Waals surface area contributed by atoms with Gasteiger partial charge in [-0.1, -0.05) is 6.08 Å². The summed E-state index contributed by atoms with van der Waals surface area (Å²) >= 11 is 0. The second-order valence-corrected chi connectivity index (χ2v) is 2.60. The van der Waals surface area contributed by atoms with E-state index in [1.165, 1.54) is 19.1 Å². The first-order chi connectivity index (χ1) is 7.11. The summed E-state index contributed by atoms with van der Waals surface area (Å²) in [6.07, 6.45) is 3.76. The second-order valence-electron chi connectivity index (χ2n) is 2.60. The summed E-state index contributed by atoms with van der Waals surface area (Å²) in [6.45, 7) is 2.81. The van der Waals surface area contributed by atoms with E-state index in [1.54, 1.807) is 6.92 Å². The first-order valence-electron chi connectivity index (χ1n) is 4.40. The van der Waals surface area contributed by atoms with E-state index in [2.05, 4.69) is 9.47 Å². The molecule has 0 rings (SSSR count). The third kappa shape index (κ3) is 6.45. The molecule has 84 valence electrons. The molecule has 0 fully saturated rings. The van der Waals surface area contributed by atoms with Crippen LogP contribution >= 0.6 is 0 Å². The number of carbonyl (C=O) groups is 2. The lowest BCUT2D eigenvalue weighted by Gasteiger charge is -2.01. The molecule has 0 aromatic carbocycles. The molecule has 15 heavy (non-hydrogen) atoms. The predicted molar refractivity (Wildman–Crippen MR) is 52.7 cm³/mol. The molecule has 0 aliphatic heterocycles. The average molecular weight is 214 g/mol. The Labute approximate surface area is 88.0 Å². The number of ether oxygens (including phenoxy) is 2. The molecule has 0 aliphatic rings. The normalized spacial score (nSPS) is 11.5. The largest absolute Gasteiger partial charge is 0.460 e. The number of hydrogen-bond acceptors (Lipinski definition) is 5. The van der Waals surface area contributed by atoms with Crippen molar-refractivity contribution in [2.24, 2.45) is 0 Å². The fourth-order valence-corrected chi connectivity index (χ4v) is 0.622. The summed E-state index contributed by atoms with van der Waals surface area (Å²) in [6, 6.07) is 0. The summed E-state index contributed by atoms with van der Waals surface area (Å²) in [5.74, 6) is -1.19. The Balaban J connectivity index is 4.07. The minimum atomic E-state index is -0.627. The molecule has 1 N–H and O–H groups in total. The van der Waals surface area contributed by atoms with Crippen LogP contribution in [-0.2, 0) is 19.1 Å². The average Bonchev–Trinajstić information content (AvgIpc) is 2.22. The van der Waals surface area contributed by atoms with E-state index >= 15 is 0 Å². The van der Waals surface area contributed by atoms with Gasteiger partial charge in [0.25, 0.3) is 0 Å². The van der Waals surface area contributed by atoms with Crippen LogP contribution < -0.4 is 0 Å². The zero-order valence-corrected chi connectivity index (χ0v) is 8.73. The van der Waals surface area contributed by atoms with Crippen LogP contribution in [0.4, 0.5) is 0 Å². The molecule has 0 aromatic heterocycles. The van der Waals surface area contributed by atoms with Gasteiger partial charge in [-0.15, -0.1) is 0 Å². The number of aliphatic hydroxyl groups excluding tert-OH is 1. The van der Waals surface area contributed by atoms with Gasteiger partial charge in [-0.2, -0.15) is 0 Å². The molecule has 5 nitrogen and oxygen atoms in total. The van der Waals surface area contributed by atoms with Crippen LogP contribution in [0.25, 0.3) is 0 Å². The molecule has 0 unspecified atom stereocenters.